The molecule has 0 saturated carbocycles. The fraction of sp³-hybridized carbons (Fsp3) is 0.222. The SMILES string of the molecule is CN(Cc1ccc(Cl)c(Cl)c1)C(=O)C(O)C(O)c1nc2ccccc2s1. The summed E-state index contributed by atoms with van der Waals surface area (Å²) in [6.07, 6.45) is -3.00. The summed E-state index contributed by atoms with van der Waals surface area (Å²) < 4.78 is 0.880. The van der Waals surface area contributed by atoms with Gasteiger partial charge in [-0.1, -0.05) is 41.4 Å². The summed E-state index contributed by atoms with van der Waals surface area (Å²) in [7, 11) is 1.54. The van der Waals surface area contributed by atoms with Gasteiger partial charge in [0.1, 0.15) is 11.1 Å². The number of halogens is 2. The van der Waals surface area contributed by atoms with Crippen molar-refractivity contribution in [2.24, 2.45) is 0 Å². The molecule has 136 valence electrons. The molecule has 3 rings (SSSR count). The van der Waals surface area contributed by atoms with Crippen molar-refractivity contribution < 1.29 is 15.0 Å². The van der Waals surface area contributed by atoms with Gasteiger partial charge in [0.05, 0.1) is 20.3 Å². The lowest BCUT2D eigenvalue weighted by molar-refractivity contribution is -0.145. The van der Waals surface area contributed by atoms with E-state index in [0.29, 0.717) is 15.1 Å². The number of benzene rings is 2. The van der Waals surface area contributed by atoms with Crippen LogP contribution in [-0.4, -0.2) is 39.2 Å². The van der Waals surface area contributed by atoms with Gasteiger partial charge in [0.25, 0.3) is 5.91 Å². The molecule has 2 N–H and O–H groups in total. The quantitative estimate of drug-likeness (QED) is 0.672. The number of hydrogen-bond donors (Lipinski definition) is 2. The van der Waals surface area contributed by atoms with Crippen LogP contribution >= 0.6 is 34.5 Å². The van der Waals surface area contributed by atoms with Crippen molar-refractivity contribution in [1.82, 2.24) is 9.88 Å². The fourth-order valence-electron chi connectivity index (χ4n) is 2.50. The number of likely N-dealkylation sites (N-methyl/N-ethyl adjacent to an activating group) is 1. The summed E-state index contributed by atoms with van der Waals surface area (Å²) in [6, 6.07) is 12.4. The van der Waals surface area contributed by atoms with Gasteiger partial charge in [-0.25, -0.2) is 4.98 Å². The molecule has 0 radical (unpaired) electrons. The third kappa shape index (κ3) is 4.00. The number of para-hydroxylation sites is 1. The number of rotatable bonds is 5. The number of fused-ring (bicyclic) bond motifs is 1. The zero-order valence-electron chi connectivity index (χ0n) is 13.8. The second kappa shape index (κ2) is 7.90. The highest BCUT2D eigenvalue weighted by Crippen LogP contribution is 2.29. The van der Waals surface area contributed by atoms with Gasteiger partial charge in [-0.2, -0.15) is 0 Å². The number of hydrogen-bond acceptors (Lipinski definition) is 5. The van der Waals surface area contributed by atoms with Crippen LogP contribution in [0.2, 0.25) is 10.0 Å². The predicted molar refractivity (Wildman–Crippen MR) is 104 cm³/mol. The topological polar surface area (TPSA) is 73.7 Å². The summed E-state index contributed by atoms with van der Waals surface area (Å²) in [6.45, 7) is 0.222. The Bertz CT molecular complexity index is 914. The largest absolute Gasteiger partial charge is 0.383 e. The van der Waals surface area contributed by atoms with Crippen LogP contribution in [0.1, 0.15) is 16.7 Å². The summed E-state index contributed by atoms with van der Waals surface area (Å²) in [5.41, 5.74) is 1.48. The normalized spacial score (nSPS) is 13.6. The van der Waals surface area contributed by atoms with Gasteiger partial charge in [-0.3, -0.25) is 4.79 Å². The standard InChI is InChI=1S/C18H16Cl2N2O3S/c1-22(9-10-6-7-11(19)12(20)8-10)18(25)16(24)15(23)17-21-13-4-2-3-5-14(13)26-17/h2-8,15-16,23-24H,9H2,1H3. The van der Waals surface area contributed by atoms with Crippen molar-refractivity contribution >= 4 is 50.7 Å². The number of carbonyl (C=O) groups is 1. The number of thiazole rings is 1. The van der Waals surface area contributed by atoms with Gasteiger partial charge in [0, 0.05) is 13.6 Å². The van der Waals surface area contributed by atoms with Gasteiger partial charge in [-0.05, 0) is 29.8 Å². The van der Waals surface area contributed by atoms with Gasteiger partial charge in [0.2, 0.25) is 0 Å². The molecular weight excluding hydrogens is 395 g/mol. The van der Waals surface area contributed by atoms with E-state index in [1.807, 2.05) is 24.3 Å². The van der Waals surface area contributed by atoms with Gasteiger partial charge in [0.15, 0.2) is 6.10 Å². The van der Waals surface area contributed by atoms with Crippen LogP contribution in [0.25, 0.3) is 10.2 Å². The van der Waals surface area contributed by atoms with E-state index in [2.05, 4.69) is 4.98 Å². The van der Waals surface area contributed by atoms with E-state index in [-0.39, 0.29) is 6.54 Å². The second-order valence-electron chi connectivity index (χ2n) is 5.85. The Kier molecular flexibility index (Phi) is 5.79. The number of amides is 1. The van der Waals surface area contributed by atoms with Crippen LogP contribution in [0.4, 0.5) is 0 Å². The number of nitrogens with zero attached hydrogens (tertiary/aromatic N) is 2. The maximum absolute atomic E-state index is 12.5. The molecule has 3 aromatic rings. The summed E-state index contributed by atoms with van der Waals surface area (Å²) in [5.74, 6) is -0.608. The van der Waals surface area contributed by atoms with Crippen molar-refractivity contribution in [2.45, 2.75) is 18.8 Å². The molecule has 0 aliphatic carbocycles. The molecule has 2 unspecified atom stereocenters. The predicted octanol–water partition coefficient (Wildman–Crippen LogP) is 3.66. The Hall–Kier alpha value is -1.70. The third-order valence-corrected chi connectivity index (χ3v) is 5.74. The van der Waals surface area contributed by atoms with Crippen LogP contribution in [-0.2, 0) is 11.3 Å². The van der Waals surface area contributed by atoms with E-state index < -0.39 is 18.1 Å². The fourth-order valence-corrected chi connectivity index (χ4v) is 3.81. The number of aromatic nitrogens is 1. The minimum atomic E-state index is -1.61. The van der Waals surface area contributed by atoms with Crippen molar-refractivity contribution in [1.29, 1.82) is 0 Å². The molecule has 1 heterocycles. The molecule has 2 aromatic carbocycles. The Morgan fingerprint density at radius 2 is 1.92 bits per heavy atom. The molecule has 2 atom stereocenters. The van der Waals surface area contributed by atoms with Gasteiger partial charge in [-0.15, -0.1) is 11.3 Å². The van der Waals surface area contributed by atoms with Crippen LogP contribution in [0.5, 0.6) is 0 Å². The number of aliphatic hydroxyl groups is 2. The van der Waals surface area contributed by atoms with Crippen molar-refractivity contribution in [3.05, 3.63) is 63.1 Å². The van der Waals surface area contributed by atoms with E-state index >= 15 is 0 Å². The molecular formula is C18H16Cl2N2O3S. The molecule has 0 saturated heterocycles. The van der Waals surface area contributed by atoms with Crippen LogP contribution in [0.3, 0.4) is 0 Å². The highest BCUT2D eigenvalue weighted by Gasteiger charge is 2.30. The van der Waals surface area contributed by atoms with Gasteiger partial charge < -0.3 is 15.1 Å². The minimum Gasteiger partial charge on any atom is -0.383 e. The molecule has 8 heteroatoms. The highest BCUT2D eigenvalue weighted by molar-refractivity contribution is 7.18. The summed E-state index contributed by atoms with van der Waals surface area (Å²) in [4.78, 5) is 18.1. The smallest absolute Gasteiger partial charge is 0.254 e. The van der Waals surface area contributed by atoms with Crippen LogP contribution in [0, 0.1) is 0 Å². The summed E-state index contributed by atoms with van der Waals surface area (Å²) in [5, 5.41) is 21.8. The van der Waals surface area contributed by atoms with Crippen LogP contribution in [0.15, 0.2) is 42.5 Å². The van der Waals surface area contributed by atoms with E-state index in [0.717, 1.165) is 15.8 Å². The molecule has 5 nitrogen and oxygen atoms in total. The second-order valence-corrected chi connectivity index (χ2v) is 7.73. The lowest BCUT2D eigenvalue weighted by atomic mass is 10.1. The van der Waals surface area contributed by atoms with Crippen LogP contribution < -0.4 is 0 Å². The Morgan fingerprint density at radius 1 is 1.19 bits per heavy atom. The number of carbonyl (C=O) groups excluding carboxylic acids is 1. The maximum atomic E-state index is 12.5. The van der Waals surface area contributed by atoms with E-state index in [1.54, 1.807) is 25.2 Å². The first-order valence-electron chi connectivity index (χ1n) is 7.77. The zero-order valence-corrected chi connectivity index (χ0v) is 16.1. The Labute approximate surface area is 164 Å². The molecule has 1 amide bonds. The Morgan fingerprint density at radius 3 is 2.62 bits per heavy atom. The molecule has 1 aromatic heterocycles. The highest BCUT2D eigenvalue weighted by atomic mass is 35.5. The first-order valence-corrected chi connectivity index (χ1v) is 9.34. The molecule has 0 bridgehead atoms. The first kappa shape index (κ1) is 19.1. The van der Waals surface area contributed by atoms with Gasteiger partial charge >= 0.3 is 0 Å². The van der Waals surface area contributed by atoms with Crippen molar-refractivity contribution in [2.75, 3.05) is 7.05 Å². The van der Waals surface area contributed by atoms with E-state index in [9.17, 15) is 15.0 Å². The van der Waals surface area contributed by atoms with E-state index in [1.165, 1.54) is 16.2 Å². The average molecular weight is 411 g/mol. The molecule has 0 spiro atoms. The Balaban J connectivity index is 1.71. The minimum absolute atomic E-state index is 0.222. The lowest BCUT2D eigenvalue weighted by Crippen LogP contribution is -2.39. The van der Waals surface area contributed by atoms with E-state index in [4.69, 9.17) is 23.2 Å². The summed E-state index contributed by atoms with van der Waals surface area (Å²) >= 11 is 13.1. The third-order valence-electron chi connectivity index (χ3n) is 3.90. The maximum Gasteiger partial charge on any atom is 0.254 e. The lowest BCUT2D eigenvalue weighted by Gasteiger charge is -2.23. The molecule has 0 fully saturated rings. The van der Waals surface area contributed by atoms with Crippen molar-refractivity contribution in [3.8, 4) is 0 Å². The zero-order chi connectivity index (χ0) is 18.8. The molecule has 26 heavy (non-hydrogen) atoms. The monoisotopic (exact) mass is 410 g/mol. The number of aliphatic hydroxyl groups excluding tert-OH is 2. The average Bonchev–Trinajstić information content (AvgIpc) is 3.07. The van der Waals surface area contributed by atoms with Crippen molar-refractivity contribution in [3.63, 3.8) is 0 Å². The molecule has 0 aliphatic heterocycles. The molecule has 0 aliphatic rings. The first-order chi connectivity index (χ1) is 12.4.